The van der Waals surface area contributed by atoms with E-state index < -0.39 is 0 Å². The van der Waals surface area contributed by atoms with E-state index in [1.807, 2.05) is 0 Å². The first-order chi connectivity index (χ1) is 4.41. The second-order valence-electron chi connectivity index (χ2n) is 2.52. The van der Waals surface area contributed by atoms with E-state index in [4.69, 9.17) is 0 Å². The van der Waals surface area contributed by atoms with Gasteiger partial charge in [0.15, 0.2) is 0 Å². The van der Waals surface area contributed by atoms with Gasteiger partial charge < -0.3 is 16.4 Å². The Balaban J connectivity index is -0.000000107. The quantitative estimate of drug-likeness (QED) is 0.549. The van der Waals surface area contributed by atoms with Crippen LogP contribution in [-0.2, 0) is 24.4 Å². The van der Waals surface area contributed by atoms with E-state index in [1.165, 1.54) is 67.1 Å². The fourth-order valence-corrected chi connectivity index (χ4v) is 1.80. The van der Waals surface area contributed by atoms with Crippen molar-refractivity contribution >= 4 is 0 Å². The molecule has 0 aliphatic rings. The standard InChI is InChI=1S/C8H17.Hf.3H2O/c1-3-5-7-8-6-4-2;;;;/h1,3-8H2,2H3;;3*1H2/q;+3;;;/p-3. The Bertz CT molecular complexity index is 47.6. The molecule has 3 nitrogen and oxygen atoms in total. The van der Waals surface area contributed by atoms with Crippen LogP contribution in [0.25, 0.3) is 0 Å². The molecule has 0 aromatic heterocycles. The van der Waals surface area contributed by atoms with E-state index in [0.717, 1.165) is 0 Å². The van der Waals surface area contributed by atoms with Gasteiger partial charge in [0.2, 0.25) is 0 Å². The predicted molar refractivity (Wildman–Crippen MR) is 44.0 cm³/mol. The summed E-state index contributed by atoms with van der Waals surface area (Å²) in [5.74, 6) is 0. The maximum absolute atomic E-state index is 2.27. The van der Waals surface area contributed by atoms with Crippen LogP contribution < -0.4 is 0 Å². The molecule has 0 unspecified atom stereocenters. The first-order valence-corrected chi connectivity index (χ1v) is 6.60. The molecule has 3 N–H and O–H groups in total. The van der Waals surface area contributed by atoms with Crippen LogP contribution in [0.4, 0.5) is 0 Å². The largest absolute Gasteiger partial charge is 0.870 e. The summed E-state index contributed by atoms with van der Waals surface area (Å²) >= 11 is 1.41. The first kappa shape index (κ1) is 23.0. The van der Waals surface area contributed by atoms with Crippen LogP contribution in [0.1, 0.15) is 45.4 Å². The molecule has 0 atom stereocenters. The van der Waals surface area contributed by atoms with E-state index >= 15 is 0 Å². The molecule has 12 heavy (non-hydrogen) atoms. The Labute approximate surface area is 90.4 Å². The minimum atomic E-state index is 0. The van der Waals surface area contributed by atoms with Gasteiger partial charge in [0.25, 0.3) is 0 Å². The summed E-state index contributed by atoms with van der Waals surface area (Å²) in [6, 6.07) is 0. The van der Waals surface area contributed by atoms with E-state index in [2.05, 4.69) is 6.92 Å². The average Bonchev–Trinajstić information content (AvgIpc) is 1.89. The van der Waals surface area contributed by atoms with Crippen molar-refractivity contribution in [3.8, 4) is 0 Å². The summed E-state index contributed by atoms with van der Waals surface area (Å²) in [6.45, 7) is 2.27. The van der Waals surface area contributed by atoms with Gasteiger partial charge in [-0.3, -0.25) is 0 Å². The third-order valence-corrected chi connectivity index (χ3v) is 2.80. The van der Waals surface area contributed by atoms with Gasteiger partial charge in [0.1, 0.15) is 0 Å². The zero-order valence-corrected chi connectivity index (χ0v) is 11.4. The zero-order valence-electron chi connectivity index (χ0n) is 7.79. The third kappa shape index (κ3) is 22.4. The Morgan fingerprint density at radius 1 is 0.750 bits per heavy atom. The number of rotatable bonds is 6. The van der Waals surface area contributed by atoms with E-state index in [-0.39, 0.29) is 16.4 Å². The smallest absolute Gasteiger partial charge is 0.870 e. The zero-order chi connectivity index (χ0) is 6.95. The SMILES string of the molecule is CCCCCCC[CH2][Hf+3].[OH-].[OH-].[OH-]. The number of hydrogen-bond acceptors (Lipinski definition) is 3. The van der Waals surface area contributed by atoms with Crippen molar-refractivity contribution in [3.63, 3.8) is 0 Å². The summed E-state index contributed by atoms with van der Waals surface area (Å²) in [6.07, 6.45) is 8.76. The first-order valence-electron chi connectivity index (χ1n) is 4.06. The maximum Gasteiger partial charge on any atom is -0.870 e. The van der Waals surface area contributed by atoms with Crippen molar-refractivity contribution in [1.82, 2.24) is 0 Å². The maximum atomic E-state index is 2.27. The van der Waals surface area contributed by atoms with E-state index in [9.17, 15) is 0 Å². The molecule has 0 bridgehead atoms. The average molecular weight is 343 g/mol. The van der Waals surface area contributed by atoms with Gasteiger partial charge in [0, 0.05) is 0 Å². The molecule has 74 valence electrons. The molecular weight excluding hydrogens is 323 g/mol. The van der Waals surface area contributed by atoms with Gasteiger partial charge in [0.05, 0.1) is 0 Å². The normalized spacial score (nSPS) is 7.58. The molecule has 0 saturated carbocycles. The van der Waals surface area contributed by atoms with Crippen molar-refractivity contribution in [2.24, 2.45) is 0 Å². The third-order valence-electron chi connectivity index (χ3n) is 1.53. The summed E-state index contributed by atoms with van der Waals surface area (Å²) in [4.78, 5) is 0. The van der Waals surface area contributed by atoms with Crippen molar-refractivity contribution in [3.05, 3.63) is 0 Å². The van der Waals surface area contributed by atoms with Gasteiger partial charge in [-0.1, -0.05) is 0 Å². The predicted octanol–water partition coefficient (Wildman–Crippen LogP) is 2.78. The second-order valence-corrected chi connectivity index (χ2v) is 4.31. The monoisotopic (exact) mass is 344 g/mol. The van der Waals surface area contributed by atoms with Crippen molar-refractivity contribution in [2.45, 2.75) is 49.6 Å². The topological polar surface area (TPSA) is 90.0 Å². The Kier molecular flexibility index (Phi) is 43.3. The molecule has 4 heteroatoms. The van der Waals surface area contributed by atoms with E-state index in [1.54, 1.807) is 0 Å². The molecule has 0 saturated heterocycles. The van der Waals surface area contributed by atoms with Crippen LogP contribution in [0.2, 0.25) is 4.18 Å². The Hall–Kier alpha value is 0.750. The van der Waals surface area contributed by atoms with Gasteiger partial charge in [-0.2, -0.15) is 0 Å². The molecule has 0 fully saturated rings. The van der Waals surface area contributed by atoms with Gasteiger partial charge in [-0.15, -0.1) is 0 Å². The fourth-order valence-electron chi connectivity index (χ4n) is 0.905. The van der Waals surface area contributed by atoms with E-state index in [0.29, 0.717) is 0 Å². The molecule has 0 rings (SSSR count). The molecule has 0 aromatic carbocycles. The minimum absolute atomic E-state index is 0. The molecule has 0 radical (unpaired) electrons. The van der Waals surface area contributed by atoms with Crippen LogP contribution in [0.15, 0.2) is 0 Å². The summed E-state index contributed by atoms with van der Waals surface area (Å²) in [5, 5.41) is 0. The molecule has 0 aromatic rings. The van der Waals surface area contributed by atoms with Gasteiger partial charge in [-0.05, 0) is 0 Å². The Morgan fingerprint density at radius 2 is 1.17 bits per heavy atom. The number of unbranched alkanes of at least 4 members (excludes halogenated alkanes) is 5. The summed E-state index contributed by atoms with van der Waals surface area (Å²) < 4.78 is 1.51. The minimum Gasteiger partial charge on any atom is -0.870 e. The van der Waals surface area contributed by atoms with Crippen molar-refractivity contribution < 1.29 is 40.8 Å². The molecule has 0 amide bonds. The van der Waals surface area contributed by atoms with Crippen LogP contribution in [-0.4, -0.2) is 16.4 Å². The van der Waals surface area contributed by atoms with Gasteiger partial charge >= 0.3 is 74.0 Å². The van der Waals surface area contributed by atoms with Crippen LogP contribution in [0, 0.1) is 0 Å². The second kappa shape index (κ2) is 22.6. The van der Waals surface area contributed by atoms with Crippen molar-refractivity contribution in [1.29, 1.82) is 0 Å². The van der Waals surface area contributed by atoms with Gasteiger partial charge in [-0.25, -0.2) is 0 Å². The Morgan fingerprint density at radius 3 is 1.58 bits per heavy atom. The van der Waals surface area contributed by atoms with Crippen LogP contribution >= 0.6 is 0 Å². The molecule has 0 heterocycles. The molecule has 0 spiro atoms. The van der Waals surface area contributed by atoms with Crippen LogP contribution in [0.5, 0.6) is 0 Å². The van der Waals surface area contributed by atoms with Crippen molar-refractivity contribution in [2.75, 3.05) is 0 Å². The van der Waals surface area contributed by atoms with Crippen LogP contribution in [0.3, 0.4) is 0 Å². The molecule has 0 aliphatic carbocycles. The number of hydrogen-bond donors (Lipinski definition) is 0. The molecular formula is C8H20HfO3. The summed E-state index contributed by atoms with van der Waals surface area (Å²) in [5.41, 5.74) is 0. The fraction of sp³-hybridized carbons (Fsp3) is 1.00. The summed E-state index contributed by atoms with van der Waals surface area (Å²) in [7, 11) is 0. The molecule has 0 aliphatic heterocycles.